The summed E-state index contributed by atoms with van der Waals surface area (Å²) in [6.07, 6.45) is 12.4. The predicted octanol–water partition coefficient (Wildman–Crippen LogP) is 6.41. The van der Waals surface area contributed by atoms with E-state index in [0.29, 0.717) is 41.1 Å². The zero-order chi connectivity index (χ0) is 21.0. The molecule has 0 aromatic rings. The number of aliphatic carboxylic acids is 1. The Balaban J connectivity index is 1.58. The van der Waals surface area contributed by atoms with Crippen LogP contribution < -0.4 is 0 Å². The second-order valence-electron chi connectivity index (χ2n) is 12.0. The van der Waals surface area contributed by atoms with E-state index in [0.717, 1.165) is 30.1 Å². The van der Waals surface area contributed by atoms with Gasteiger partial charge in [0.2, 0.25) is 0 Å². The van der Waals surface area contributed by atoms with Gasteiger partial charge >= 0.3 is 5.97 Å². The first-order valence-electron chi connectivity index (χ1n) is 12.4. The number of hydrogen-bond acceptors (Lipinski definition) is 2. The number of rotatable bonds is 5. The molecule has 4 aliphatic rings. The molecule has 0 spiro atoms. The van der Waals surface area contributed by atoms with Gasteiger partial charge in [-0.05, 0) is 104 Å². The third-order valence-electron chi connectivity index (χ3n) is 10.8. The van der Waals surface area contributed by atoms with Crippen LogP contribution in [0.2, 0.25) is 0 Å². The summed E-state index contributed by atoms with van der Waals surface area (Å²) in [7, 11) is 1.96. The topological polar surface area (TPSA) is 46.5 Å². The molecule has 0 bridgehead atoms. The van der Waals surface area contributed by atoms with Gasteiger partial charge in [-0.2, -0.15) is 0 Å². The van der Waals surface area contributed by atoms with Crippen molar-refractivity contribution in [3.8, 4) is 0 Å². The lowest BCUT2D eigenvalue weighted by atomic mass is 9.43. The van der Waals surface area contributed by atoms with Crippen LogP contribution in [0.15, 0.2) is 0 Å². The first kappa shape index (κ1) is 21.7. The van der Waals surface area contributed by atoms with E-state index in [2.05, 4.69) is 27.7 Å². The zero-order valence-corrected chi connectivity index (χ0v) is 19.5. The Hall–Kier alpha value is -0.570. The molecule has 0 unspecified atom stereocenters. The highest BCUT2D eigenvalue weighted by molar-refractivity contribution is 5.66. The van der Waals surface area contributed by atoms with E-state index in [1.807, 2.05) is 7.11 Å². The summed E-state index contributed by atoms with van der Waals surface area (Å²) in [6.45, 7) is 9.97. The molecule has 4 aliphatic carbocycles. The Bertz CT molecular complexity index is 617. The molecular formula is C26H44O3. The number of fused-ring (bicyclic) bond motifs is 5. The lowest BCUT2D eigenvalue weighted by molar-refractivity contribution is -0.176. The fourth-order valence-corrected chi connectivity index (χ4v) is 9.19. The molecule has 4 saturated carbocycles. The molecule has 3 nitrogen and oxygen atoms in total. The van der Waals surface area contributed by atoms with Crippen molar-refractivity contribution < 1.29 is 14.6 Å². The largest absolute Gasteiger partial charge is 0.481 e. The first-order chi connectivity index (χ1) is 13.7. The van der Waals surface area contributed by atoms with Crippen molar-refractivity contribution in [2.24, 2.45) is 52.3 Å². The van der Waals surface area contributed by atoms with E-state index in [4.69, 9.17) is 9.84 Å². The van der Waals surface area contributed by atoms with Crippen LogP contribution in [0.25, 0.3) is 0 Å². The average molecular weight is 405 g/mol. The standard InChI is InChI=1S/C26H44O3/c1-16-10-12-25(3)18(14-16)15-22(29-5)24-20-8-7-19(17(2)6-9-23(27)28)26(20,4)13-11-21(24)25/h16-22,24H,6-15H2,1-5H3,(H,27,28)/t16-,17-,18+,19-,20+,21+,22-,24+,25+,26-/m1/s1. The highest BCUT2D eigenvalue weighted by atomic mass is 16.5. The molecule has 0 aromatic carbocycles. The lowest BCUT2D eigenvalue weighted by Crippen LogP contribution is -2.58. The monoisotopic (exact) mass is 404 g/mol. The van der Waals surface area contributed by atoms with E-state index in [-0.39, 0.29) is 0 Å². The van der Waals surface area contributed by atoms with Crippen molar-refractivity contribution in [1.29, 1.82) is 0 Å². The van der Waals surface area contributed by atoms with E-state index in [1.165, 1.54) is 51.4 Å². The minimum absolute atomic E-state index is 0.323. The van der Waals surface area contributed by atoms with Gasteiger partial charge in [0, 0.05) is 13.5 Å². The molecule has 0 amide bonds. The van der Waals surface area contributed by atoms with Crippen LogP contribution in [0.1, 0.15) is 91.9 Å². The van der Waals surface area contributed by atoms with E-state index in [1.54, 1.807) is 0 Å². The van der Waals surface area contributed by atoms with Crippen molar-refractivity contribution in [2.45, 2.75) is 98.0 Å². The molecule has 4 rings (SSSR count). The van der Waals surface area contributed by atoms with Crippen LogP contribution in [0.5, 0.6) is 0 Å². The molecule has 29 heavy (non-hydrogen) atoms. The highest BCUT2D eigenvalue weighted by Gasteiger charge is 2.63. The Kier molecular flexibility index (Phi) is 5.86. The van der Waals surface area contributed by atoms with Crippen molar-refractivity contribution in [2.75, 3.05) is 7.11 Å². The second-order valence-corrected chi connectivity index (χ2v) is 12.0. The van der Waals surface area contributed by atoms with Gasteiger partial charge in [-0.25, -0.2) is 0 Å². The molecule has 10 atom stereocenters. The molecule has 0 heterocycles. The number of hydrogen-bond donors (Lipinski definition) is 1. The quantitative estimate of drug-likeness (QED) is 0.576. The maximum Gasteiger partial charge on any atom is 0.303 e. The van der Waals surface area contributed by atoms with Crippen LogP contribution in [0, 0.1) is 52.3 Å². The average Bonchev–Trinajstić information content (AvgIpc) is 3.03. The maximum absolute atomic E-state index is 11.1. The van der Waals surface area contributed by atoms with Gasteiger partial charge in [0.15, 0.2) is 0 Å². The van der Waals surface area contributed by atoms with Crippen molar-refractivity contribution in [3.05, 3.63) is 0 Å². The third kappa shape index (κ3) is 3.48. The van der Waals surface area contributed by atoms with Gasteiger partial charge in [0.1, 0.15) is 0 Å². The summed E-state index contributed by atoms with van der Waals surface area (Å²) >= 11 is 0. The SMILES string of the molecule is CO[C@@H]1C[C@@H]2C[C@H](C)CC[C@]2(C)[C@H]2CC[C@]3(C)[C@@H]([C@H](C)CCC(=O)O)CC[C@H]3[C@H]12. The van der Waals surface area contributed by atoms with Gasteiger partial charge in [-0.1, -0.05) is 34.1 Å². The third-order valence-corrected chi connectivity index (χ3v) is 10.8. The molecular weight excluding hydrogens is 360 g/mol. The smallest absolute Gasteiger partial charge is 0.303 e. The minimum atomic E-state index is -0.641. The molecule has 4 fully saturated rings. The fourth-order valence-electron chi connectivity index (χ4n) is 9.19. The Morgan fingerprint density at radius 2 is 1.76 bits per heavy atom. The summed E-state index contributed by atoms with van der Waals surface area (Å²) in [5, 5.41) is 9.16. The van der Waals surface area contributed by atoms with Crippen LogP contribution in [0.3, 0.4) is 0 Å². The number of ether oxygens (including phenoxy) is 1. The molecule has 0 radical (unpaired) electrons. The van der Waals surface area contributed by atoms with Crippen LogP contribution >= 0.6 is 0 Å². The van der Waals surface area contributed by atoms with Gasteiger partial charge in [0.05, 0.1) is 6.10 Å². The molecule has 0 saturated heterocycles. The van der Waals surface area contributed by atoms with Gasteiger partial charge in [-0.3, -0.25) is 4.79 Å². The molecule has 166 valence electrons. The molecule has 3 heteroatoms. The Morgan fingerprint density at radius 3 is 2.45 bits per heavy atom. The van der Waals surface area contributed by atoms with Crippen LogP contribution in [0.4, 0.5) is 0 Å². The summed E-state index contributed by atoms with van der Waals surface area (Å²) in [4.78, 5) is 11.1. The summed E-state index contributed by atoms with van der Waals surface area (Å²) < 4.78 is 6.24. The second kappa shape index (κ2) is 7.84. The summed E-state index contributed by atoms with van der Waals surface area (Å²) in [6, 6.07) is 0. The van der Waals surface area contributed by atoms with E-state index in [9.17, 15) is 4.79 Å². The number of carbonyl (C=O) groups is 1. The van der Waals surface area contributed by atoms with Crippen molar-refractivity contribution in [3.63, 3.8) is 0 Å². The van der Waals surface area contributed by atoms with Gasteiger partial charge in [0.25, 0.3) is 0 Å². The number of methoxy groups -OCH3 is 1. The van der Waals surface area contributed by atoms with E-state index < -0.39 is 5.97 Å². The van der Waals surface area contributed by atoms with Crippen LogP contribution in [-0.2, 0) is 9.53 Å². The zero-order valence-electron chi connectivity index (χ0n) is 19.5. The number of carboxylic acid groups (broad SMARTS) is 1. The highest BCUT2D eigenvalue weighted by Crippen LogP contribution is 2.69. The lowest BCUT2D eigenvalue weighted by Gasteiger charge is -2.63. The minimum Gasteiger partial charge on any atom is -0.481 e. The van der Waals surface area contributed by atoms with Crippen molar-refractivity contribution in [1.82, 2.24) is 0 Å². The first-order valence-corrected chi connectivity index (χ1v) is 12.4. The van der Waals surface area contributed by atoms with Gasteiger partial charge in [-0.15, -0.1) is 0 Å². The fraction of sp³-hybridized carbons (Fsp3) is 0.962. The Labute approximate surface area is 178 Å². The van der Waals surface area contributed by atoms with Gasteiger partial charge < -0.3 is 9.84 Å². The number of carboxylic acids is 1. The molecule has 0 aromatic heterocycles. The maximum atomic E-state index is 11.1. The summed E-state index contributed by atoms with van der Waals surface area (Å²) in [5.41, 5.74) is 0.890. The molecule has 1 N–H and O–H groups in total. The molecule has 0 aliphatic heterocycles. The normalized spacial score (nSPS) is 50.3. The van der Waals surface area contributed by atoms with Crippen molar-refractivity contribution >= 4 is 5.97 Å². The van der Waals surface area contributed by atoms with E-state index >= 15 is 0 Å². The predicted molar refractivity (Wildman–Crippen MR) is 117 cm³/mol. The van der Waals surface area contributed by atoms with Crippen LogP contribution in [-0.4, -0.2) is 24.3 Å². The summed E-state index contributed by atoms with van der Waals surface area (Å²) in [5.74, 6) is 4.58. The Morgan fingerprint density at radius 1 is 1.07 bits per heavy atom.